The van der Waals surface area contributed by atoms with Gasteiger partial charge in [-0.1, -0.05) is 48.0 Å². The van der Waals surface area contributed by atoms with E-state index in [9.17, 15) is 0 Å². The van der Waals surface area contributed by atoms with Crippen molar-refractivity contribution in [3.8, 4) is 5.75 Å². The normalized spacial score (nSPS) is 24.0. The molecule has 0 amide bonds. The molecular weight excluding hydrogens is 306 g/mol. The molecule has 2 aromatic carbocycles. The van der Waals surface area contributed by atoms with Crippen LogP contribution >= 0.6 is 0 Å². The summed E-state index contributed by atoms with van der Waals surface area (Å²) in [5.74, 6) is -0.230. The molecule has 0 saturated carbocycles. The predicted molar refractivity (Wildman–Crippen MR) is 108 cm³/mol. The summed E-state index contributed by atoms with van der Waals surface area (Å²) in [6.45, 7) is -13.9. The zero-order valence-corrected chi connectivity index (χ0v) is 14.5. The summed E-state index contributed by atoms with van der Waals surface area (Å²) in [6, 6.07) is 6.54. The second-order valence-corrected chi connectivity index (χ2v) is 5.85. The minimum atomic E-state index is -3.75. The first-order chi connectivity index (χ1) is 17.5. The first-order valence-corrected chi connectivity index (χ1v) is 8.01. The lowest BCUT2D eigenvalue weighted by Gasteiger charge is -2.32. The third-order valence-electron chi connectivity index (χ3n) is 4.14. The lowest BCUT2D eigenvalue weighted by atomic mass is 9.86. The molecule has 0 aliphatic heterocycles. The predicted octanol–water partition coefficient (Wildman–Crippen LogP) is 5.64. The van der Waals surface area contributed by atoms with Crippen LogP contribution in [-0.4, -0.2) is 30.6 Å². The molecule has 0 heterocycles. The van der Waals surface area contributed by atoms with Gasteiger partial charge in [0.1, 0.15) is 5.75 Å². The number of aryl methyl sites for hydroxylation is 1. The molecule has 0 aliphatic rings. The van der Waals surface area contributed by atoms with Crippen LogP contribution in [0.4, 0.5) is 0 Å². The SMILES string of the molecule is [2H]C([2H])([2H])C([2H])(N(CC[C@H](c1ccccc1)c1cc(C)ccc1OC)C([2H])(C([2H])([2H])[2H])C([2H])([2H])[2H])C([2H])([2H])[2H]. The van der Waals surface area contributed by atoms with Gasteiger partial charge in [-0.25, -0.2) is 0 Å². The third kappa shape index (κ3) is 5.09. The molecule has 0 bridgehead atoms. The molecule has 136 valence electrons. The van der Waals surface area contributed by atoms with Gasteiger partial charge >= 0.3 is 0 Å². The van der Waals surface area contributed by atoms with E-state index < -0.39 is 51.9 Å². The van der Waals surface area contributed by atoms with Gasteiger partial charge in [-0.2, -0.15) is 0 Å². The summed E-state index contributed by atoms with van der Waals surface area (Å²) in [4.78, 5) is 0.0260. The van der Waals surface area contributed by atoms with Gasteiger partial charge in [0.05, 0.1) is 7.11 Å². The summed E-state index contributed by atoms with van der Waals surface area (Å²) >= 11 is 0. The highest BCUT2D eigenvalue weighted by atomic mass is 16.5. The number of benzene rings is 2. The minimum absolute atomic E-state index is 0.0260. The van der Waals surface area contributed by atoms with Crippen molar-refractivity contribution in [3.05, 3.63) is 65.2 Å². The van der Waals surface area contributed by atoms with E-state index in [0.717, 1.165) is 5.56 Å². The number of methoxy groups -OCH3 is 1. The maximum absolute atomic E-state index is 8.72. The van der Waals surface area contributed by atoms with Crippen LogP contribution in [0.3, 0.4) is 0 Å². The average molecular weight is 354 g/mol. The van der Waals surface area contributed by atoms with Gasteiger partial charge in [-0.05, 0) is 58.9 Å². The number of rotatable bonds is 8. The summed E-state index contributed by atoms with van der Waals surface area (Å²) in [6.07, 6.45) is -0.233. The van der Waals surface area contributed by atoms with Crippen LogP contribution in [0.2, 0.25) is 0 Å². The Morgan fingerprint density at radius 1 is 1.04 bits per heavy atom. The van der Waals surface area contributed by atoms with E-state index in [4.69, 9.17) is 23.9 Å². The van der Waals surface area contributed by atoms with Crippen LogP contribution in [0.25, 0.3) is 0 Å². The first kappa shape index (κ1) is 7.84. The third-order valence-corrected chi connectivity index (χ3v) is 4.14. The van der Waals surface area contributed by atoms with E-state index in [2.05, 4.69) is 0 Å². The number of nitrogens with zero attached hydrogens (tertiary/aromatic N) is 1. The number of hydrogen-bond donors (Lipinski definition) is 0. The Morgan fingerprint density at radius 2 is 1.72 bits per heavy atom. The molecule has 0 aromatic heterocycles. The van der Waals surface area contributed by atoms with Crippen molar-refractivity contribution in [2.75, 3.05) is 13.7 Å². The lowest BCUT2D eigenvalue weighted by Crippen LogP contribution is -2.38. The van der Waals surface area contributed by atoms with E-state index in [1.54, 1.807) is 48.5 Å². The van der Waals surface area contributed by atoms with E-state index in [1.807, 2.05) is 6.92 Å². The van der Waals surface area contributed by atoms with Gasteiger partial charge in [0.15, 0.2) is 0 Å². The van der Waals surface area contributed by atoms with Crippen molar-refractivity contribution in [2.24, 2.45) is 0 Å². The van der Waals surface area contributed by atoms with Crippen molar-refractivity contribution < 1.29 is 23.9 Å². The zero-order chi connectivity index (χ0) is 30.2. The highest BCUT2D eigenvalue weighted by Crippen LogP contribution is 2.35. The van der Waals surface area contributed by atoms with Crippen LogP contribution in [0.15, 0.2) is 48.5 Å². The Balaban J connectivity index is 2.86. The van der Waals surface area contributed by atoms with E-state index in [0.29, 0.717) is 16.9 Å². The van der Waals surface area contributed by atoms with Crippen molar-refractivity contribution in [2.45, 2.75) is 58.7 Å². The molecule has 1 atom stereocenters. The van der Waals surface area contributed by atoms with Crippen molar-refractivity contribution >= 4 is 0 Å². The molecule has 0 aliphatic carbocycles. The van der Waals surface area contributed by atoms with Crippen LogP contribution in [0.5, 0.6) is 5.75 Å². The Bertz CT molecular complexity index is 1040. The largest absolute Gasteiger partial charge is 0.496 e. The fraction of sp³-hybridized carbons (Fsp3) is 0.478. The lowest BCUT2D eigenvalue weighted by molar-refractivity contribution is 0.170. The van der Waals surface area contributed by atoms with Crippen molar-refractivity contribution in [1.82, 2.24) is 4.90 Å². The maximum atomic E-state index is 8.72. The average Bonchev–Trinajstić information content (AvgIpc) is 2.78. The van der Waals surface area contributed by atoms with Gasteiger partial charge in [0, 0.05) is 42.7 Å². The smallest absolute Gasteiger partial charge is 0.122 e. The summed E-state index contributed by atoms with van der Waals surface area (Å²) in [5, 5.41) is 0. The van der Waals surface area contributed by atoms with E-state index in [-0.39, 0.29) is 11.3 Å². The topological polar surface area (TPSA) is 12.5 Å². The Morgan fingerprint density at radius 3 is 2.32 bits per heavy atom. The van der Waals surface area contributed by atoms with Crippen LogP contribution in [0, 0.1) is 6.92 Å². The summed E-state index contributed by atoms with van der Waals surface area (Å²) in [7, 11) is 1.44. The Kier molecular flexibility index (Phi) is 2.84. The highest BCUT2D eigenvalue weighted by Gasteiger charge is 2.21. The Hall–Kier alpha value is -1.80. The maximum Gasteiger partial charge on any atom is 0.122 e. The molecule has 2 nitrogen and oxygen atoms in total. The molecule has 0 unspecified atom stereocenters. The van der Waals surface area contributed by atoms with Gasteiger partial charge in [0.25, 0.3) is 0 Å². The van der Waals surface area contributed by atoms with Crippen molar-refractivity contribution in [3.63, 3.8) is 0 Å². The molecule has 2 aromatic rings. The van der Waals surface area contributed by atoms with E-state index >= 15 is 0 Å². The van der Waals surface area contributed by atoms with Gasteiger partial charge in [-0.3, -0.25) is 4.90 Å². The summed E-state index contributed by atoms with van der Waals surface area (Å²) in [5.41, 5.74) is 2.10. The fourth-order valence-electron chi connectivity index (χ4n) is 2.91. The number of ether oxygens (including phenoxy) is 1. The van der Waals surface area contributed by atoms with Crippen LogP contribution < -0.4 is 4.74 Å². The Labute approximate surface area is 173 Å². The molecular formula is C23H33NO. The fourth-order valence-corrected chi connectivity index (χ4v) is 2.91. The summed E-state index contributed by atoms with van der Waals surface area (Å²) < 4.78 is 118. The first-order valence-electron chi connectivity index (χ1n) is 15.0. The molecule has 0 N–H and O–H groups in total. The highest BCUT2D eigenvalue weighted by molar-refractivity contribution is 5.44. The number of hydrogen-bond acceptors (Lipinski definition) is 2. The van der Waals surface area contributed by atoms with Crippen LogP contribution in [0.1, 0.15) is 75.6 Å². The zero-order valence-electron chi connectivity index (χ0n) is 28.5. The monoisotopic (exact) mass is 353 g/mol. The van der Waals surface area contributed by atoms with Gasteiger partial charge in [0.2, 0.25) is 0 Å². The molecule has 2 rings (SSSR count). The molecule has 25 heavy (non-hydrogen) atoms. The second-order valence-electron chi connectivity index (χ2n) is 5.85. The van der Waals surface area contributed by atoms with Crippen molar-refractivity contribution in [1.29, 1.82) is 0 Å². The molecule has 0 spiro atoms. The van der Waals surface area contributed by atoms with Crippen LogP contribution in [-0.2, 0) is 0 Å². The molecule has 0 saturated heterocycles. The molecule has 0 radical (unpaired) electrons. The van der Waals surface area contributed by atoms with E-state index in [1.165, 1.54) is 7.11 Å². The standard InChI is InChI=1S/C23H33NO/c1-17(2)24(18(3)4)15-14-21(20-10-8-7-9-11-20)22-16-19(5)12-13-23(22)25-6/h7-13,16-18,21H,14-15H2,1-6H3/t21-/m1/s1/i1D3,2D3,3D3,4D3,17D,18D. The van der Waals surface area contributed by atoms with Gasteiger partial charge < -0.3 is 4.74 Å². The molecule has 0 fully saturated rings. The molecule has 2 heteroatoms. The quantitative estimate of drug-likeness (QED) is 0.608. The van der Waals surface area contributed by atoms with Gasteiger partial charge in [-0.15, -0.1) is 0 Å². The second kappa shape index (κ2) is 9.05. The minimum Gasteiger partial charge on any atom is -0.496 e.